The van der Waals surface area contributed by atoms with Gasteiger partial charge in [0.05, 0.1) is 17.6 Å². The lowest BCUT2D eigenvalue weighted by atomic mass is 10.0. The average molecular weight is 483 g/mol. The van der Waals surface area contributed by atoms with Crippen LogP contribution in [-0.2, 0) is 27.3 Å². The first-order valence-electron chi connectivity index (χ1n) is 11.8. The van der Waals surface area contributed by atoms with Gasteiger partial charge in [-0.25, -0.2) is 9.48 Å². The van der Waals surface area contributed by atoms with Gasteiger partial charge in [-0.3, -0.25) is 19.7 Å². The van der Waals surface area contributed by atoms with Crippen molar-refractivity contribution in [3.05, 3.63) is 41.2 Å². The largest absolute Gasteiger partial charge is 0.444 e. The molecule has 4 rings (SSSR count). The molecule has 1 fully saturated rings. The van der Waals surface area contributed by atoms with Crippen molar-refractivity contribution < 1.29 is 23.9 Å². The second-order valence-corrected chi connectivity index (χ2v) is 9.78. The molecule has 0 aliphatic carbocycles. The summed E-state index contributed by atoms with van der Waals surface area (Å²) in [5.41, 5.74) is 2.44. The predicted molar refractivity (Wildman–Crippen MR) is 125 cm³/mol. The van der Waals surface area contributed by atoms with E-state index in [9.17, 15) is 19.2 Å². The fourth-order valence-corrected chi connectivity index (χ4v) is 4.18. The van der Waals surface area contributed by atoms with Crippen LogP contribution in [0.15, 0.2) is 24.4 Å². The van der Waals surface area contributed by atoms with Gasteiger partial charge in [-0.15, -0.1) is 5.10 Å². The zero-order valence-electron chi connectivity index (χ0n) is 20.2. The highest BCUT2D eigenvalue weighted by Crippen LogP contribution is 2.29. The molecule has 1 saturated heterocycles. The van der Waals surface area contributed by atoms with Crippen molar-refractivity contribution >= 4 is 23.8 Å². The topological polar surface area (TPSA) is 136 Å². The Balaban J connectivity index is 1.31. The minimum atomic E-state index is -0.640. The van der Waals surface area contributed by atoms with Crippen molar-refractivity contribution in [2.24, 2.45) is 0 Å². The van der Waals surface area contributed by atoms with Gasteiger partial charge in [0.15, 0.2) is 0 Å². The van der Waals surface area contributed by atoms with Gasteiger partial charge in [-0.1, -0.05) is 5.21 Å². The molecule has 2 aliphatic heterocycles. The Bertz CT molecular complexity index is 1150. The number of nitrogens with one attached hydrogen (secondary N) is 2. The van der Waals surface area contributed by atoms with Crippen LogP contribution in [0, 0.1) is 0 Å². The van der Waals surface area contributed by atoms with Gasteiger partial charge < -0.3 is 15.0 Å². The van der Waals surface area contributed by atoms with Gasteiger partial charge in [0, 0.05) is 25.1 Å². The molecule has 1 atom stereocenters. The molecule has 2 aromatic rings. The molecule has 1 unspecified atom stereocenters. The highest BCUT2D eigenvalue weighted by molar-refractivity contribution is 6.05. The highest BCUT2D eigenvalue weighted by atomic mass is 16.6. The van der Waals surface area contributed by atoms with E-state index in [1.54, 1.807) is 16.8 Å². The fourth-order valence-electron chi connectivity index (χ4n) is 4.18. The van der Waals surface area contributed by atoms with Crippen LogP contribution in [0.3, 0.4) is 0 Å². The van der Waals surface area contributed by atoms with Crippen molar-refractivity contribution in [2.45, 2.75) is 71.1 Å². The SMILES string of the molecule is CC(C)(C)OC(=O)NCCCCc1cn(-c2ccc3c(c2)CN(C2CCC(=O)NC2=O)C3=O)nn1. The van der Waals surface area contributed by atoms with Gasteiger partial charge >= 0.3 is 6.09 Å². The molecule has 1 aromatic heterocycles. The fraction of sp³-hybridized carbons (Fsp3) is 0.500. The molecule has 0 bridgehead atoms. The third kappa shape index (κ3) is 5.84. The van der Waals surface area contributed by atoms with E-state index < -0.39 is 23.6 Å². The van der Waals surface area contributed by atoms with Crippen molar-refractivity contribution in [3.8, 4) is 5.69 Å². The van der Waals surface area contributed by atoms with Gasteiger partial charge in [0.25, 0.3) is 5.91 Å². The number of rotatable bonds is 7. The zero-order chi connectivity index (χ0) is 25.2. The van der Waals surface area contributed by atoms with Crippen molar-refractivity contribution in [1.29, 1.82) is 0 Å². The first kappa shape index (κ1) is 24.4. The van der Waals surface area contributed by atoms with E-state index in [0.717, 1.165) is 29.8 Å². The molecule has 186 valence electrons. The maximum absolute atomic E-state index is 12.8. The number of hydrogen-bond acceptors (Lipinski definition) is 7. The monoisotopic (exact) mass is 482 g/mol. The number of nitrogens with zero attached hydrogens (tertiary/aromatic N) is 4. The quantitative estimate of drug-likeness (QED) is 0.454. The Kier molecular flexibility index (Phi) is 6.86. The van der Waals surface area contributed by atoms with Crippen LogP contribution in [0.1, 0.15) is 68.1 Å². The number of unbranched alkanes of at least 4 members (excludes halogenated alkanes) is 1. The van der Waals surface area contributed by atoms with E-state index in [1.807, 2.05) is 33.0 Å². The lowest BCUT2D eigenvalue weighted by Crippen LogP contribution is -2.52. The lowest BCUT2D eigenvalue weighted by molar-refractivity contribution is -0.136. The van der Waals surface area contributed by atoms with Crippen LogP contribution >= 0.6 is 0 Å². The minimum Gasteiger partial charge on any atom is -0.444 e. The molecule has 35 heavy (non-hydrogen) atoms. The maximum Gasteiger partial charge on any atom is 0.407 e. The summed E-state index contributed by atoms with van der Waals surface area (Å²) in [4.78, 5) is 49.7. The molecule has 1 aromatic carbocycles. The molecule has 11 nitrogen and oxygen atoms in total. The number of benzene rings is 1. The number of carbonyl (C=O) groups is 4. The first-order valence-corrected chi connectivity index (χ1v) is 11.8. The number of alkyl carbamates (subject to hydrolysis) is 1. The van der Waals surface area contributed by atoms with Crippen LogP contribution < -0.4 is 10.6 Å². The summed E-state index contributed by atoms with van der Waals surface area (Å²) in [6.45, 7) is 6.29. The number of ether oxygens (including phenoxy) is 1. The van der Waals surface area contributed by atoms with Crippen LogP contribution in [-0.4, -0.2) is 61.9 Å². The molecule has 0 saturated carbocycles. The third-order valence-corrected chi connectivity index (χ3v) is 5.84. The Morgan fingerprint density at radius 3 is 2.77 bits per heavy atom. The number of carbonyl (C=O) groups excluding carboxylic acids is 4. The number of imide groups is 1. The van der Waals surface area contributed by atoms with Crippen LogP contribution in [0.2, 0.25) is 0 Å². The summed E-state index contributed by atoms with van der Waals surface area (Å²) in [5.74, 6) is -0.941. The molecule has 4 amide bonds. The number of hydrogen-bond donors (Lipinski definition) is 2. The number of aromatic nitrogens is 3. The molecule has 11 heteroatoms. The van der Waals surface area contributed by atoms with E-state index in [2.05, 4.69) is 20.9 Å². The maximum atomic E-state index is 12.8. The van der Waals surface area contributed by atoms with Gasteiger partial charge in [0.2, 0.25) is 11.8 Å². The molecule has 2 aliphatic rings. The number of aryl methyl sites for hydroxylation is 1. The van der Waals surface area contributed by atoms with Crippen LogP contribution in [0.25, 0.3) is 5.69 Å². The van der Waals surface area contributed by atoms with E-state index in [4.69, 9.17) is 4.74 Å². The number of fused-ring (bicyclic) bond motifs is 1. The van der Waals surface area contributed by atoms with Crippen molar-refractivity contribution in [3.63, 3.8) is 0 Å². The number of piperidine rings is 1. The summed E-state index contributed by atoms with van der Waals surface area (Å²) < 4.78 is 6.87. The predicted octanol–water partition coefficient (Wildman–Crippen LogP) is 1.88. The van der Waals surface area contributed by atoms with Gasteiger partial charge in [0.1, 0.15) is 11.6 Å². The highest BCUT2D eigenvalue weighted by Gasteiger charge is 2.39. The summed E-state index contributed by atoms with van der Waals surface area (Å²) in [7, 11) is 0. The summed E-state index contributed by atoms with van der Waals surface area (Å²) >= 11 is 0. The van der Waals surface area contributed by atoms with Crippen molar-refractivity contribution in [1.82, 2.24) is 30.5 Å². The van der Waals surface area contributed by atoms with Crippen LogP contribution in [0.5, 0.6) is 0 Å². The first-order chi connectivity index (χ1) is 16.6. The van der Waals surface area contributed by atoms with E-state index in [1.165, 1.54) is 4.90 Å². The number of amides is 4. The smallest absolute Gasteiger partial charge is 0.407 e. The van der Waals surface area contributed by atoms with E-state index in [0.29, 0.717) is 31.5 Å². The second kappa shape index (κ2) is 9.85. The molecule has 0 spiro atoms. The normalized spacial score (nSPS) is 17.9. The molecule has 2 N–H and O–H groups in total. The Labute approximate surface area is 203 Å². The standard InChI is InChI=1S/C24H30N6O5/c1-24(2,3)35-23(34)25-11-5-4-6-16-14-30(28-27-16)17-7-8-18-15(12-17)13-29(22(18)33)19-9-10-20(31)26-21(19)32/h7-8,12,14,19H,4-6,9-11,13H2,1-3H3,(H,25,34)(H,26,31,32). The second-order valence-electron chi connectivity index (χ2n) is 9.78. The zero-order valence-corrected chi connectivity index (χ0v) is 20.2. The van der Waals surface area contributed by atoms with Gasteiger partial charge in [-0.05, 0) is 70.2 Å². The average Bonchev–Trinajstić information content (AvgIpc) is 3.37. The lowest BCUT2D eigenvalue weighted by Gasteiger charge is -2.29. The Morgan fingerprint density at radius 2 is 2.03 bits per heavy atom. The Morgan fingerprint density at radius 1 is 1.23 bits per heavy atom. The summed E-state index contributed by atoms with van der Waals surface area (Å²) in [6.07, 6.45) is 4.30. The summed E-state index contributed by atoms with van der Waals surface area (Å²) in [5, 5.41) is 13.5. The molecular formula is C24H30N6O5. The van der Waals surface area contributed by atoms with E-state index >= 15 is 0 Å². The van der Waals surface area contributed by atoms with Crippen molar-refractivity contribution in [2.75, 3.05) is 6.54 Å². The molecular weight excluding hydrogens is 452 g/mol. The van der Waals surface area contributed by atoms with E-state index in [-0.39, 0.29) is 18.2 Å². The molecule has 3 heterocycles. The van der Waals surface area contributed by atoms with Crippen LogP contribution in [0.4, 0.5) is 4.79 Å². The Hall–Kier alpha value is -3.76. The molecule has 0 radical (unpaired) electrons. The van der Waals surface area contributed by atoms with Gasteiger partial charge in [-0.2, -0.15) is 0 Å². The minimum absolute atomic E-state index is 0.208. The summed E-state index contributed by atoms with van der Waals surface area (Å²) in [6, 6.07) is 4.78. The third-order valence-electron chi connectivity index (χ3n) is 5.84.